The summed E-state index contributed by atoms with van der Waals surface area (Å²) in [6, 6.07) is 9.62. The largest absolute Gasteiger partial charge is 0.496 e. The van der Waals surface area contributed by atoms with Crippen LogP contribution in [0.5, 0.6) is 5.75 Å². The van der Waals surface area contributed by atoms with Crippen LogP contribution in [-0.4, -0.2) is 19.7 Å². The summed E-state index contributed by atoms with van der Waals surface area (Å²) >= 11 is 3.54. The van der Waals surface area contributed by atoms with E-state index in [4.69, 9.17) is 9.47 Å². The van der Waals surface area contributed by atoms with Gasteiger partial charge in [0.15, 0.2) is 0 Å². The molecule has 0 radical (unpaired) electrons. The molecule has 136 valence electrons. The second-order valence-electron chi connectivity index (χ2n) is 6.71. The molecule has 2 aromatic carbocycles. The molecule has 0 heterocycles. The van der Waals surface area contributed by atoms with Crippen molar-refractivity contribution in [3.8, 4) is 5.75 Å². The average Bonchev–Trinajstić information content (AvgIpc) is 2.59. The molecule has 0 aliphatic rings. The smallest absolute Gasteiger partial charge is 0.342 e. The highest BCUT2D eigenvalue weighted by molar-refractivity contribution is 9.10. The Labute approximate surface area is 158 Å². The summed E-state index contributed by atoms with van der Waals surface area (Å²) in [7, 11) is 1.57. The number of halogens is 1. The molecule has 0 atom stereocenters. The minimum absolute atomic E-state index is 0.323. The van der Waals surface area contributed by atoms with Gasteiger partial charge in [0, 0.05) is 9.86 Å². The van der Waals surface area contributed by atoms with E-state index in [9.17, 15) is 4.79 Å². The summed E-state index contributed by atoms with van der Waals surface area (Å²) in [5.41, 5.74) is 0.493. The van der Waals surface area contributed by atoms with Gasteiger partial charge in [-0.25, -0.2) is 4.79 Å². The van der Waals surface area contributed by atoms with E-state index in [2.05, 4.69) is 29.8 Å². The van der Waals surface area contributed by atoms with E-state index >= 15 is 0 Å². The summed E-state index contributed by atoms with van der Waals surface area (Å²) in [5, 5.41) is 1.82. The van der Waals surface area contributed by atoms with Gasteiger partial charge in [0.1, 0.15) is 11.3 Å². The first-order valence-corrected chi connectivity index (χ1v) is 9.76. The van der Waals surface area contributed by atoms with Crippen LogP contribution < -0.4 is 4.74 Å². The Balaban J connectivity index is 1.99. The monoisotopic (exact) mass is 406 g/mol. The number of hydrogen-bond donors (Lipinski definition) is 0. The average molecular weight is 407 g/mol. The van der Waals surface area contributed by atoms with Crippen molar-refractivity contribution in [2.24, 2.45) is 5.92 Å². The first-order valence-electron chi connectivity index (χ1n) is 8.97. The van der Waals surface area contributed by atoms with Gasteiger partial charge in [0.05, 0.1) is 13.7 Å². The fourth-order valence-corrected chi connectivity index (χ4v) is 3.51. The highest BCUT2D eigenvalue weighted by Crippen LogP contribution is 2.33. The minimum atomic E-state index is -0.323. The standard InChI is InChI=1S/C21H27BrO3/c1-15(2)9-6-4-5-7-14-25-21(23)20-18(24-3)13-12-16-10-8-11-17(22)19(16)20/h8,10-13,15H,4-7,9,14H2,1-3H3. The molecule has 0 aliphatic carbocycles. The third-order valence-corrected chi connectivity index (χ3v) is 4.95. The Kier molecular flexibility index (Phi) is 7.76. The fraction of sp³-hybridized carbons (Fsp3) is 0.476. The molecule has 0 unspecified atom stereocenters. The number of methoxy groups -OCH3 is 1. The van der Waals surface area contributed by atoms with Crippen LogP contribution in [0.2, 0.25) is 0 Å². The van der Waals surface area contributed by atoms with Crippen molar-refractivity contribution in [3.63, 3.8) is 0 Å². The molecule has 0 fully saturated rings. The topological polar surface area (TPSA) is 35.5 Å². The number of unbranched alkanes of at least 4 members (excludes halogenated alkanes) is 3. The molecule has 0 saturated carbocycles. The summed E-state index contributed by atoms with van der Waals surface area (Å²) in [6.45, 7) is 4.94. The van der Waals surface area contributed by atoms with Gasteiger partial charge < -0.3 is 9.47 Å². The normalized spacial score (nSPS) is 11.1. The second kappa shape index (κ2) is 9.81. The van der Waals surface area contributed by atoms with E-state index in [-0.39, 0.29) is 5.97 Å². The van der Waals surface area contributed by atoms with Crippen molar-refractivity contribution < 1.29 is 14.3 Å². The molecular weight excluding hydrogens is 380 g/mol. The third kappa shape index (κ3) is 5.46. The number of carbonyl (C=O) groups is 1. The van der Waals surface area contributed by atoms with Gasteiger partial charge >= 0.3 is 5.97 Å². The maximum absolute atomic E-state index is 12.6. The lowest BCUT2D eigenvalue weighted by atomic mass is 10.0. The van der Waals surface area contributed by atoms with Crippen LogP contribution >= 0.6 is 15.9 Å². The Morgan fingerprint density at radius 1 is 1.08 bits per heavy atom. The van der Waals surface area contributed by atoms with Crippen molar-refractivity contribution in [2.45, 2.75) is 46.0 Å². The van der Waals surface area contributed by atoms with E-state index < -0.39 is 0 Å². The zero-order valence-corrected chi connectivity index (χ0v) is 16.9. The van der Waals surface area contributed by atoms with Crippen LogP contribution in [0.3, 0.4) is 0 Å². The number of benzene rings is 2. The molecule has 0 amide bonds. The Bertz CT molecular complexity index is 710. The SMILES string of the molecule is COc1ccc2cccc(Br)c2c1C(=O)OCCCCCCC(C)C. The quantitative estimate of drug-likeness (QED) is 0.358. The van der Waals surface area contributed by atoms with E-state index in [1.807, 2.05) is 30.3 Å². The number of ether oxygens (including phenoxy) is 2. The van der Waals surface area contributed by atoms with Crippen molar-refractivity contribution in [1.29, 1.82) is 0 Å². The van der Waals surface area contributed by atoms with Crippen molar-refractivity contribution in [3.05, 3.63) is 40.4 Å². The minimum Gasteiger partial charge on any atom is -0.496 e. The number of fused-ring (bicyclic) bond motifs is 1. The molecule has 0 aliphatic heterocycles. The molecular formula is C21H27BrO3. The maximum atomic E-state index is 12.6. The van der Waals surface area contributed by atoms with Crippen LogP contribution in [-0.2, 0) is 4.74 Å². The van der Waals surface area contributed by atoms with Gasteiger partial charge in [0.25, 0.3) is 0 Å². The summed E-state index contributed by atoms with van der Waals surface area (Å²) in [5.74, 6) is 0.980. The molecule has 4 heteroatoms. The molecule has 2 aromatic rings. The van der Waals surface area contributed by atoms with Gasteiger partial charge in [-0.2, -0.15) is 0 Å². The first-order chi connectivity index (χ1) is 12.0. The molecule has 0 saturated heterocycles. The lowest BCUT2D eigenvalue weighted by Gasteiger charge is -2.13. The zero-order chi connectivity index (χ0) is 18.2. The Hall–Kier alpha value is -1.55. The van der Waals surface area contributed by atoms with Crippen LogP contribution in [0.4, 0.5) is 0 Å². The Morgan fingerprint density at radius 3 is 2.56 bits per heavy atom. The van der Waals surface area contributed by atoms with Gasteiger partial charge in [-0.05, 0) is 29.9 Å². The first kappa shape index (κ1) is 19.8. The fourth-order valence-electron chi connectivity index (χ4n) is 2.93. The van der Waals surface area contributed by atoms with E-state index in [1.165, 1.54) is 19.3 Å². The second-order valence-corrected chi connectivity index (χ2v) is 7.57. The highest BCUT2D eigenvalue weighted by atomic mass is 79.9. The predicted octanol–water partition coefficient (Wildman–Crippen LogP) is 6.37. The van der Waals surface area contributed by atoms with Crippen LogP contribution in [0.1, 0.15) is 56.3 Å². The van der Waals surface area contributed by atoms with Gasteiger partial charge in [0.2, 0.25) is 0 Å². The van der Waals surface area contributed by atoms with Gasteiger partial charge in [-0.15, -0.1) is 0 Å². The molecule has 2 rings (SSSR count). The number of esters is 1. The summed E-state index contributed by atoms with van der Waals surface area (Å²) < 4.78 is 11.8. The van der Waals surface area contributed by atoms with Gasteiger partial charge in [-0.3, -0.25) is 0 Å². The van der Waals surface area contributed by atoms with E-state index in [1.54, 1.807) is 7.11 Å². The lowest BCUT2D eigenvalue weighted by molar-refractivity contribution is 0.0496. The van der Waals surface area contributed by atoms with Gasteiger partial charge in [-0.1, -0.05) is 73.7 Å². The van der Waals surface area contributed by atoms with Crippen LogP contribution in [0.15, 0.2) is 34.8 Å². The van der Waals surface area contributed by atoms with E-state index in [0.717, 1.165) is 34.0 Å². The number of carbonyl (C=O) groups excluding carboxylic acids is 1. The molecule has 0 spiro atoms. The number of hydrogen-bond acceptors (Lipinski definition) is 3. The summed E-state index contributed by atoms with van der Waals surface area (Å²) in [6.07, 6.45) is 5.70. The highest BCUT2D eigenvalue weighted by Gasteiger charge is 2.19. The van der Waals surface area contributed by atoms with Crippen molar-refractivity contribution in [1.82, 2.24) is 0 Å². The van der Waals surface area contributed by atoms with Crippen molar-refractivity contribution >= 4 is 32.7 Å². The third-order valence-electron chi connectivity index (χ3n) is 4.29. The lowest BCUT2D eigenvalue weighted by Crippen LogP contribution is -2.09. The molecule has 0 aromatic heterocycles. The Morgan fingerprint density at radius 2 is 1.84 bits per heavy atom. The number of rotatable bonds is 9. The molecule has 0 N–H and O–H groups in total. The zero-order valence-electron chi connectivity index (χ0n) is 15.3. The predicted molar refractivity (Wildman–Crippen MR) is 106 cm³/mol. The molecule has 3 nitrogen and oxygen atoms in total. The molecule has 25 heavy (non-hydrogen) atoms. The van der Waals surface area contributed by atoms with Crippen LogP contribution in [0, 0.1) is 5.92 Å². The maximum Gasteiger partial charge on any atom is 0.342 e. The van der Waals surface area contributed by atoms with Crippen molar-refractivity contribution in [2.75, 3.05) is 13.7 Å². The van der Waals surface area contributed by atoms with Crippen LogP contribution in [0.25, 0.3) is 10.8 Å². The van der Waals surface area contributed by atoms with E-state index in [0.29, 0.717) is 17.9 Å². The molecule has 0 bridgehead atoms. The summed E-state index contributed by atoms with van der Waals surface area (Å²) in [4.78, 5) is 12.6.